The highest BCUT2D eigenvalue weighted by molar-refractivity contribution is 9.10. The first-order valence-corrected chi connectivity index (χ1v) is 5.00. The van der Waals surface area contributed by atoms with Gasteiger partial charge >= 0.3 is 0 Å². The fourth-order valence-electron chi connectivity index (χ4n) is 1.24. The molecule has 1 N–H and O–H groups in total. The summed E-state index contributed by atoms with van der Waals surface area (Å²) in [4.78, 5) is 10.9. The lowest BCUT2D eigenvalue weighted by atomic mass is 10.1. The Labute approximate surface area is 95.0 Å². The van der Waals surface area contributed by atoms with Crippen LogP contribution in [-0.4, -0.2) is 18.0 Å². The van der Waals surface area contributed by atoms with Gasteiger partial charge in [0.15, 0.2) is 11.5 Å². The highest BCUT2D eigenvalue weighted by Crippen LogP contribution is 2.38. The van der Waals surface area contributed by atoms with Crippen LogP contribution < -0.4 is 4.74 Å². The lowest BCUT2D eigenvalue weighted by molar-refractivity contribution is -0.116. The number of methoxy groups -OCH3 is 1. The smallest absolute Gasteiger partial charge is 0.175 e. The second-order valence-electron chi connectivity index (χ2n) is 3.08. The minimum Gasteiger partial charge on any atom is -0.504 e. The average molecular weight is 277 g/mol. The van der Waals surface area contributed by atoms with Gasteiger partial charge in [0.05, 0.1) is 11.6 Å². The van der Waals surface area contributed by atoms with Crippen molar-refractivity contribution in [2.75, 3.05) is 7.11 Å². The molecule has 1 rings (SSSR count). The van der Waals surface area contributed by atoms with Gasteiger partial charge in [0, 0.05) is 12.0 Å². The maximum atomic E-state index is 13.4. The molecule has 0 unspecified atom stereocenters. The molecule has 0 fully saturated rings. The number of Topliss-reactive ketones (excluding diaryl/α,β-unsaturated/α-hetero) is 1. The third-order valence-corrected chi connectivity index (χ3v) is 2.48. The molecule has 0 bridgehead atoms. The molecule has 0 heterocycles. The van der Waals surface area contributed by atoms with E-state index in [-0.39, 0.29) is 29.3 Å². The molecule has 1 aromatic carbocycles. The topological polar surface area (TPSA) is 46.5 Å². The van der Waals surface area contributed by atoms with E-state index in [9.17, 15) is 14.3 Å². The maximum Gasteiger partial charge on any atom is 0.175 e. The summed E-state index contributed by atoms with van der Waals surface area (Å²) in [6.45, 7) is 1.33. The van der Waals surface area contributed by atoms with Crippen molar-refractivity contribution in [3.8, 4) is 11.5 Å². The molecule has 0 saturated carbocycles. The number of hydrogen-bond acceptors (Lipinski definition) is 3. The van der Waals surface area contributed by atoms with Gasteiger partial charge in [0.25, 0.3) is 0 Å². The number of carbonyl (C=O) groups excluding carboxylic acids is 1. The van der Waals surface area contributed by atoms with Gasteiger partial charge in [-0.25, -0.2) is 4.39 Å². The molecule has 0 saturated heterocycles. The standard InChI is InChI=1S/C10H10BrFO3/c1-5(13)3-6-8(12)4-7(11)10(15-2)9(6)14/h4,14H,3H2,1-2H3. The van der Waals surface area contributed by atoms with Crippen LogP contribution in [0.15, 0.2) is 10.5 Å². The van der Waals surface area contributed by atoms with Crippen molar-refractivity contribution in [2.24, 2.45) is 0 Å². The molecule has 15 heavy (non-hydrogen) atoms. The lowest BCUT2D eigenvalue weighted by Crippen LogP contribution is -2.01. The maximum absolute atomic E-state index is 13.4. The summed E-state index contributed by atoms with van der Waals surface area (Å²) in [6.07, 6.45) is -0.151. The third-order valence-electron chi connectivity index (χ3n) is 1.89. The largest absolute Gasteiger partial charge is 0.504 e. The molecule has 1 aromatic rings. The van der Waals surface area contributed by atoms with Crippen LogP contribution >= 0.6 is 15.9 Å². The van der Waals surface area contributed by atoms with Crippen LogP contribution in [0, 0.1) is 5.82 Å². The number of ether oxygens (including phenoxy) is 1. The fourth-order valence-corrected chi connectivity index (χ4v) is 1.79. The molecular weight excluding hydrogens is 267 g/mol. The zero-order valence-electron chi connectivity index (χ0n) is 8.30. The minimum absolute atomic E-state index is 0.0393. The van der Waals surface area contributed by atoms with Gasteiger partial charge in [-0.05, 0) is 28.9 Å². The van der Waals surface area contributed by atoms with Gasteiger partial charge in [-0.15, -0.1) is 0 Å². The lowest BCUT2D eigenvalue weighted by Gasteiger charge is -2.10. The van der Waals surface area contributed by atoms with E-state index in [1.54, 1.807) is 0 Å². The van der Waals surface area contributed by atoms with Crippen LogP contribution in [0.5, 0.6) is 11.5 Å². The Morgan fingerprint density at radius 2 is 2.27 bits per heavy atom. The van der Waals surface area contributed by atoms with E-state index in [2.05, 4.69) is 15.9 Å². The third kappa shape index (κ3) is 2.47. The molecule has 0 atom stereocenters. The Hall–Kier alpha value is -1.10. The summed E-state index contributed by atoms with van der Waals surface area (Å²) in [5, 5.41) is 9.65. The first-order chi connectivity index (χ1) is 6.97. The van der Waals surface area contributed by atoms with Gasteiger partial charge in [-0.2, -0.15) is 0 Å². The van der Waals surface area contributed by atoms with E-state index in [1.807, 2.05) is 0 Å². The van der Waals surface area contributed by atoms with Gasteiger partial charge < -0.3 is 9.84 Å². The van der Waals surface area contributed by atoms with Crippen LogP contribution in [0.4, 0.5) is 4.39 Å². The number of ketones is 1. The quantitative estimate of drug-likeness (QED) is 0.923. The van der Waals surface area contributed by atoms with Gasteiger partial charge in [-0.1, -0.05) is 0 Å². The van der Waals surface area contributed by atoms with Crippen molar-refractivity contribution in [1.82, 2.24) is 0 Å². The van der Waals surface area contributed by atoms with E-state index in [0.29, 0.717) is 4.47 Å². The second-order valence-corrected chi connectivity index (χ2v) is 3.93. The number of phenolic OH excluding ortho intramolecular Hbond substituents is 1. The SMILES string of the molecule is COc1c(Br)cc(F)c(CC(C)=O)c1O. The minimum atomic E-state index is -0.629. The Morgan fingerprint density at radius 3 is 2.73 bits per heavy atom. The highest BCUT2D eigenvalue weighted by Gasteiger charge is 2.18. The van der Waals surface area contributed by atoms with Crippen molar-refractivity contribution < 1.29 is 19.0 Å². The van der Waals surface area contributed by atoms with E-state index in [1.165, 1.54) is 14.0 Å². The summed E-state index contributed by atoms with van der Waals surface area (Å²) in [5.41, 5.74) is -0.0393. The van der Waals surface area contributed by atoms with E-state index in [4.69, 9.17) is 4.74 Å². The summed E-state index contributed by atoms with van der Waals surface area (Å²) in [5.74, 6) is -1.06. The molecule has 3 nitrogen and oxygen atoms in total. The number of phenols is 1. The van der Waals surface area contributed by atoms with Crippen LogP contribution in [0.3, 0.4) is 0 Å². The Bertz CT molecular complexity index is 404. The van der Waals surface area contributed by atoms with Crippen LogP contribution in [0.1, 0.15) is 12.5 Å². The Balaban J connectivity index is 3.32. The normalized spacial score (nSPS) is 10.1. The fraction of sp³-hybridized carbons (Fsp3) is 0.300. The zero-order valence-corrected chi connectivity index (χ0v) is 9.89. The Kier molecular flexibility index (Phi) is 3.68. The monoisotopic (exact) mass is 276 g/mol. The number of rotatable bonds is 3. The molecule has 0 amide bonds. The number of hydrogen-bond donors (Lipinski definition) is 1. The number of carbonyl (C=O) groups is 1. The van der Waals surface area contributed by atoms with Gasteiger partial charge in [-0.3, -0.25) is 4.79 Å². The van der Waals surface area contributed by atoms with E-state index in [0.717, 1.165) is 6.07 Å². The Morgan fingerprint density at radius 1 is 1.67 bits per heavy atom. The molecule has 82 valence electrons. The summed E-state index contributed by atoms with van der Waals surface area (Å²) in [6, 6.07) is 1.16. The van der Waals surface area contributed by atoms with E-state index < -0.39 is 5.82 Å². The average Bonchev–Trinajstić information content (AvgIpc) is 2.12. The molecule has 0 aromatic heterocycles. The van der Waals surface area contributed by atoms with E-state index >= 15 is 0 Å². The molecule has 0 aliphatic heterocycles. The van der Waals surface area contributed by atoms with Crippen LogP contribution in [-0.2, 0) is 11.2 Å². The van der Waals surface area contributed by atoms with Crippen LogP contribution in [0.2, 0.25) is 0 Å². The van der Waals surface area contributed by atoms with Crippen molar-refractivity contribution in [2.45, 2.75) is 13.3 Å². The van der Waals surface area contributed by atoms with Crippen molar-refractivity contribution in [1.29, 1.82) is 0 Å². The molecule has 0 aliphatic carbocycles. The summed E-state index contributed by atoms with van der Waals surface area (Å²) < 4.78 is 18.6. The van der Waals surface area contributed by atoms with Crippen molar-refractivity contribution in [3.05, 3.63) is 21.9 Å². The van der Waals surface area contributed by atoms with Gasteiger partial charge in [0.1, 0.15) is 11.6 Å². The molecule has 0 radical (unpaired) electrons. The van der Waals surface area contributed by atoms with Crippen LogP contribution in [0.25, 0.3) is 0 Å². The number of halogens is 2. The highest BCUT2D eigenvalue weighted by atomic mass is 79.9. The molecule has 0 aliphatic rings. The van der Waals surface area contributed by atoms with Crippen molar-refractivity contribution in [3.63, 3.8) is 0 Å². The van der Waals surface area contributed by atoms with Gasteiger partial charge in [0.2, 0.25) is 0 Å². The summed E-state index contributed by atoms with van der Waals surface area (Å²) in [7, 11) is 1.36. The first kappa shape index (κ1) is 12.0. The predicted molar refractivity (Wildman–Crippen MR) is 56.7 cm³/mol. The predicted octanol–water partition coefficient (Wildman–Crippen LogP) is 2.43. The molecular formula is C10H10BrFO3. The molecule has 0 spiro atoms. The number of benzene rings is 1. The second kappa shape index (κ2) is 4.61. The van der Waals surface area contributed by atoms with Crippen molar-refractivity contribution >= 4 is 21.7 Å². The molecule has 5 heteroatoms. The first-order valence-electron chi connectivity index (χ1n) is 4.20. The summed E-state index contributed by atoms with van der Waals surface area (Å²) >= 11 is 3.05. The number of aromatic hydroxyl groups is 1. The zero-order chi connectivity index (χ0) is 11.6.